The molecular formula is C7H8BrNO2S. The molecule has 0 fully saturated rings. The number of hydrogen-bond donors (Lipinski definition) is 2. The zero-order chi connectivity index (χ0) is 9.35. The molecule has 0 bridgehead atoms. The van der Waals surface area contributed by atoms with Crippen molar-refractivity contribution in [1.82, 2.24) is 0 Å². The average Bonchev–Trinajstić information content (AvgIpc) is 2.35. The minimum absolute atomic E-state index is 0.634. The maximum absolute atomic E-state index is 10.7. The van der Waals surface area contributed by atoms with Crippen molar-refractivity contribution < 1.29 is 9.90 Å². The molecule has 0 unspecified atom stereocenters. The summed E-state index contributed by atoms with van der Waals surface area (Å²) in [6.07, 6.45) is 0. The van der Waals surface area contributed by atoms with Crippen molar-refractivity contribution in [2.45, 2.75) is 12.5 Å². The molecule has 0 radical (unpaired) electrons. The summed E-state index contributed by atoms with van der Waals surface area (Å²) in [6.45, 7) is 1.48. The minimum atomic E-state index is -1.30. The highest BCUT2D eigenvalue weighted by Crippen LogP contribution is 2.31. The van der Waals surface area contributed by atoms with Crippen LogP contribution in [0.25, 0.3) is 0 Å². The van der Waals surface area contributed by atoms with Gasteiger partial charge in [-0.1, -0.05) is 0 Å². The number of halogens is 1. The van der Waals surface area contributed by atoms with Gasteiger partial charge in [-0.3, -0.25) is 0 Å². The fourth-order valence-corrected chi connectivity index (χ4v) is 2.61. The van der Waals surface area contributed by atoms with Crippen LogP contribution < -0.4 is 5.73 Å². The Balaban J connectivity index is 3.13. The van der Waals surface area contributed by atoms with Crippen LogP contribution >= 0.6 is 27.3 Å². The topological polar surface area (TPSA) is 63.3 Å². The highest BCUT2D eigenvalue weighted by molar-refractivity contribution is 9.10. The number of thiophene rings is 1. The number of aliphatic carboxylic acids is 1. The van der Waals surface area contributed by atoms with Crippen LogP contribution in [0, 0.1) is 0 Å². The lowest BCUT2D eigenvalue weighted by molar-refractivity contribution is -0.142. The SMILES string of the molecule is C[C@@](N)(C(=O)O)c1sccc1Br. The van der Waals surface area contributed by atoms with Gasteiger partial charge in [-0.05, 0) is 34.3 Å². The molecule has 0 aromatic carbocycles. The Labute approximate surface area is 82.3 Å². The van der Waals surface area contributed by atoms with Gasteiger partial charge in [0.1, 0.15) is 5.54 Å². The first-order chi connectivity index (χ1) is 5.46. The van der Waals surface area contributed by atoms with E-state index in [-0.39, 0.29) is 0 Å². The Kier molecular flexibility index (Phi) is 2.55. The Bertz CT molecular complexity index is 308. The summed E-state index contributed by atoms with van der Waals surface area (Å²) < 4.78 is 0.750. The molecular weight excluding hydrogens is 242 g/mol. The van der Waals surface area contributed by atoms with E-state index in [4.69, 9.17) is 10.8 Å². The number of carboxylic acid groups (broad SMARTS) is 1. The largest absolute Gasteiger partial charge is 0.480 e. The van der Waals surface area contributed by atoms with E-state index in [0.29, 0.717) is 4.88 Å². The third-order valence-corrected chi connectivity index (χ3v) is 3.61. The lowest BCUT2D eigenvalue weighted by Crippen LogP contribution is -2.41. The first kappa shape index (κ1) is 9.70. The van der Waals surface area contributed by atoms with Gasteiger partial charge in [0.05, 0.1) is 0 Å². The smallest absolute Gasteiger partial charge is 0.328 e. The number of carbonyl (C=O) groups is 1. The van der Waals surface area contributed by atoms with Gasteiger partial charge in [0.25, 0.3) is 0 Å². The third-order valence-electron chi connectivity index (χ3n) is 1.53. The van der Waals surface area contributed by atoms with Crippen molar-refractivity contribution in [2.75, 3.05) is 0 Å². The van der Waals surface area contributed by atoms with E-state index in [9.17, 15) is 4.79 Å². The number of hydrogen-bond acceptors (Lipinski definition) is 3. The molecule has 1 heterocycles. The van der Waals surface area contributed by atoms with Crippen LogP contribution in [-0.2, 0) is 10.3 Å². The van der Waals surface area contributed by atoms with E-state index >= 15 is 0 Å². The number of rotatable bonds is 2. The van der Waals surface area contributed by atoms with Gasteiger partial charge in [0, 0.05) is 9.35 Å². The lowest BCUT2D eigenvalue weighted by atomic mass is 10.0. The number of carboxylic acids is 1. The van der Waals surface area contributed by atoms with Crippen LogP contribution in [-0.4, -0.2) is 11.1 Å². The molecule has 1 atom stereocenters. The zero-order valence-corrected chi connectivity index (χ0v) is 8.78. The first-order valence-electron chi connectivity index (χ1n) is 3.22. The molecule has 0 aliphatic rings. The molecule has 0 saturated heterocycles. The summed E-state index contributed by atoms with van der Waals surface area (Å²) in [4.78, 5) is 11.4. The zero-order valence-electron chi connectivity index (χ0n) is 6.37. The first-order valence-corrected chi connectivity index (χ1v) is 4.89. The molecule has 3 nitrogen and oxygen atoms in total. The summed E-state index contributed by atoms with van der Waals surface area (Å²) in [5.74, 6) is -1.02. The molecule has 5 heteroatoms. The fraction of sp³-hybridized carbons (Fsp3) is 0.286. The van der Waals surface area contributed by atoms with Gasteiger partial charge in [-0.15, -0.1) is 11.3 Å². The highest BCUT2D eigenvalue weighted by atomic mass is 79.9. The van der Waals surface area contributed by atoms with E-state index in [2.05, 4.69) is 15.9 Å². The van der Waals surface area contributed by atoms with Crippen molar-refractivity contribution in [3.63, 3.8) is 0 Å². The quantitative estimate of drug-likeness (QED) is 0.840. The van der Waals surface area contributed by atoms with Crippen molar-refractivity contribution >= 4 is 33.2 Å². The van der Waals surface area contributed by atoms with Gasteiger partial charge in [-0.25, -0.2) is 4.79 Å². The monoisotopic (exact) mass is 249 g/mol. The Morgan fingerprint density at radius 1 is 1.83 bits per heavy atom. The molecule has 66 valence electrons. The molecule has 0 spiro atoms. The molecule has 1 aromatic rings. The second-order valence-electron chi connectivity index (χ2n) is 2.61. The summed E-state index contributed by atoms with van der Waals surface area (Å²) in [6, 6.07) is 1.79. The summed E-state index contributed by atoms with van der Waals surface area (Å²) in [5, 5.41) is 10.6. The van der Waals surface area contributed by atoms with Crippen molar-refractivity contribution in [1.29, 1.82) is 0 Å². The fourth-order valence-electron chi connectivity index (χ4n) is 0.761. The van der Waals surface area contributed by atoms with Crippen molar-refractivity contribution in [3.8, 4) is 0 Å². The predicted octanol–water partition coefficient (Wildman–Crippen LogP) is 1.77. The Hall–Kier alpha value is -0.390. The Morgan fingerprint density at radius 2 is 2.42 bits per heavy atom. The van der Waals surface area contributed by atoms with Crippen LogP contribution in [0.2, 0.25) is 0 Å². The van der Waals surface area contributed by atoms with Crippen LogP contribution in [0.5, 0.6) is 0 Å². The van der Waals surface area contributed by atoms with Gasteiger partial charge in [0.2, 0.25) is 0 Å². The van der Waals surface area contributed by atoms with Crippen molar-refractivity contribution in [2.24, 2.45) is 5.73 Å². The predicted molar refractivity (Wildman–Crippen MR) is 51.2 cm³/mol. The molecule has 12 heavy (non-hydrogen) atoms. The van der Waals surface area contributed by atoms with Gasteiger partial charge in [-0.2, -0.15) is 0 Å². The van der Waals surface area contributed by atoms with Crippen LogP contribution in [0.15, 0.2) is 15.9 Å². The molecule has 0 aliphatic heterocycles. The average molecular weight is 250 g/mol. The minimum Gasteiger partial charge on any atom is -0.480 e. The molecule has 3 N–H and O–H groups in total. The van der Waals surface area contributed by atoms with E-state index in [1.165, 1.54) is 18.3 Å². The molecule has 0 saturated carbocycles. The third kappa shape index (κ3) is 1.53. The second kappa shape index (κ2) is 3.16. The van der Waals surface area contributed by atoms with Crippen LogP contribution in [0.3, 0.4) is 0 Å². The maximum Gasteiger partial charge on any atom is 0.328 e. The normalized spacial score (nSPS) is 15.6. The Morgan fingerprint density at radius 3 is 2.75 bits per heavy atom. The van der Waals surface area contributed by atoms with E-state index in [1.807, 2.05) is 0 Å². The van der Waals surface area contributed by atoms with Crippen molar-refractivity contribution in [3.05, 3.63) is 20.8 Å². The van der Waals surface area contributed by atoms with E-state index < -0.39 is 11.5 Å². The lowest BCUT2D eigenvalue weighted by Gasteiger charge is -2.17. The second-order valence-corrected chi connectivity index (χ2v) is 4.38. The maximum atomic E-state index is 10.7. The molecule has 0 amide bonds. The summed E-state index contributed by atoms with van der Waals surface area (Å²) in [7, 11) is 0. The molecule has 1 aromatic heterocycles. The highest BCUT2D eigenvalue weighted by Gasteiger charge is 2.33. The van der Waals surface area contributed by atoms with Crippen LogP contribution in [0.4, 0.5) is 0 Å². The summed E-state index contributed by atoms with van der Waals surface area (Å²) in [5.41, 5.74) is 4.31. The molecule has 0 aliphatic carbocycles. The van der Waals surface area contributed by atoms with E-state index in [0.717, 1.165) is 4.47 Å². The van der Waals surface area contributed by atoms with Gasteiger partial charge >= 0.3 is 5.97 Å². The number of nitrogens with two attached hydrogens (primary N) is 1. The van der Waals surface area contributed by atoms with Gasteiger partial charge in [0.15, 0.2) is 0 Å². The standard InChI is InChI=1S/C7H8BrNO2S/c1-7(9,6(10)11)5-4(8)2-3-12-5/h2-3H,9H2,1H3,(H,10,11)/t7-/m0/s1. The molecule has 1 rings (SSSR count). The van der Waals surface area contributed by atoms with Crippen LogP contribution in [0.1, 0.15) is 11.8 Å². The summed E-state index contributed by atoms with van der Waals surface area (Å²) >= 11 is 4.57. The van der Waals surface area contributed by atoms with E-state index in [1.54, 1.807) is 11.4 Å². The van der Waals surface area contributed by atoms with Gasteiger partial charge < -0.3 is 10.8 Å².